The number of benzene rings is 4. The first-order valence-electron chi connectivity index (χ1n) is 13.3. The first kappa shape index (κ1) is 28.2. The standard InChI is InChI=1S/C32H29FN2O5S/c33-22-7-19-28(20-8-22)41-35-23-9-13-25(14-10-23)40-27-17-15-26(16-18-27)39-24-11-5-21(6-12-24)31(36)34-30-4-2-1-3-29(30)32(37)38/h1-8,11-12,15-20,23,25,35H,9-10,13-14H2,(H,34,36)(H,37,38). The number of carbonyl (C=O) groups is 2. The molecule has 0 saturated heterocycles. The number of carboxylic acid groups (broad SMARTS) is 1. The molecule has 0 unspecified atom stereocenters. The van der Waals surface area contributed by atoms with Crippen molar-refractivity contribution in [2.24, 2.45) is 0 Å². The van der Waals surface area contributed by atoms with E-state index in [1.54, 1.807) is 54.6 Å². The minimum absolute atomic E-state index is 0.0236. The predicted octanol–water partition coefficient (Wildman–Crippen LogP) is 7.56. The first-order chi connectivity index (χ1) is 19.9. The van der Waals surface area contributed by atoms with E-state index in [0.29, 0.717) is 23.1 Å². The molecule has 0 heterocycles. The van der Waals surface area contributed by atoms with Gasteiger partial charge in [-0.25, -0.2) is 9.18 Å². The molecule has 1 amide bonds. The van der Waals surface area contributed by atoms with Gasteiger partial charge >= 0.3 is 5.97 Å². The van der Waals surface area contributed by atoms with Crippen molar-refractivity contribution in [1.82, 2.24) is 4.72 Å². The zero-order valence-electron chi connectivity index (χ0n) is 22.1. The highest BCUT2D eigenvalue weighted by molar-refractivity contribution is 7.97. The van der Waals surface area contributed by atoms with Crippen LogP contribution in [0.25, 0.3) is 0 Å². The molecule has 0 aromatic heterocycles. The number of carbonyl (C=O) groups excluding carboxylic acids is 1. The molecule has 4 aromatic rings. The molecule has 3 N–H and O–H groups in total. The Bertz CT molecular complexity index is 1470. The molecule has 4 aromatic carbocycles. The highest BCUT2D eigenvalue weighted by Gasteiger charge is 2.22. The van der Waals surface area contributed by atoms with Crippen molar-refractivity contribution in [1.29, 1.82) is 0 Å². The van der Waals surface area contributed by atoms with Gasteiger partial charge in [-0.15, -0.1) is 0 Å². The fourth-order valence-corrected chi connectivity index (χ4v) is 5.33. The maximum Gasteiger partial charge on any atom is 0.337 e. The summed E-state index contributed by atoms with van der Waals surface area (Å²) in [6, 6.07) is 27.2. The van der Waals surface area contributed by atoms with E-state index in [-0.39, 0.29) is 23.2 Å². The van der Waals surface area contributed by atoms with Crippen LogP contribution in [0.5, 0.6) is 17.2 Å². The Morgan fingerprint density at radius 2 is 1.39 bits per heavy atom. The summed E-state index contributed by atoms with van der Waals surface area (Å²) in [6.45, 7) is 0. The fourth-order valence-electron chi connectivity index (χ4n) is 4.51. The van der Waals surface area contributed by atoms with Crippen LogP contribution in [0.15, 0.2) is 102 Å². The lowest BCUT2D eigenvalue weighted by atomic mass is 9.94. The van der Waals surface area contributed by atoms with E-state index >= 15 is 0 Å². The van der Waals surface area contributed by atoms with Gasteiger partial charge in [-0.05, 0) is 123 Å². The number of nitrogens with one attached hydrogen (secondary N) is 2. The lowest BCUT2D eigenvalue weighted by Gasteiger charge is -2.29. The van der Waals surface area contributed by atoms with Crippen LogP contribution in [0.1, 0.15) is 46.4 Å². The molecule has 0 atom stereocenters. The average molecular weight is 573 g/mol. The molecule has 210 valence electrons. The maximum atomic E-state index is 13.1. The molecule has 5 rings (SSSR count). The Morgan fingerprint density at radius 3 is 2.05 bits per heavy atom. The third-order valence-electron chi connectivity index (χ3n) is 6.72. The second kappa shape index (κ2) is 13.3. The topological polar surface area (TPSA) is 96.9 Å². The van der Waals surface area contributed by atoms with Crippen LogP contribution < -0.4 is 19.5 Å². The van der Waals surface area contributed by atoms with Crippen LogP contribution in [-0.4, -0.2) is 29.1 Å². The molecule has 0 bridgehead atoms. The molecule has 1 aliphatic rings. The zero-order chi connectivity index (χ0) is 28.6. The van der Waals surface area contributed by atoms with Crippen molar-refractivity contribution in [2.75, 3.05) is 5.32 Å². The van der Waals surface area contributed by atoms with Crippen molar-refractivity contribution in [3.8, 4) is 17.2 Å². The Hall–Kier alpha value is -4.34. The van der Waals surface area contributed by atoms with Crippen molar-refractivity contribution < 1.29 is 28.6 Å². The van der Waals surface area contributed by atoms with E-state index < -0.39 is 11.9 Å². The zero-order valence-corrected chi connectivity index (χ0v) is 22.9. The summed E-state index contributed by atoms with van der Waals surface area (Å²) in [5, 5.41) is 11.9. The van der Waals surface area contributed by atoms with Gasteiger partial charge in [-0.3, -0.25) is 9.52 Å². The molecule has 1 fully saturated rings. The second-order valence-electron chi connectivity index (χ2n) is 9.67. The van der Waals surface area contributed by atoms with E-state index in [2.05, 4.69) is 10.0 Å². The number of ether oxygens (including phenoxy) is 2. The van der Waals surface area contributed by atoms with E-state index in [1.807, 2.05) is 24.3 Å². The number of hydrogen-bond donors (Lipinski definition) is 3. The highest BCUT2D eigenvalue weighted by Crippen LogP contribution is 2.29. The van der Waals surface area contributed by atoms with Crippen LogP contribution in [0.4, 0.5) is 10.1 Å². The summed E-state index contributed by atoms with van der Waals surface area (Å²) in [6.07, 6.45) is 4.04. The summed E-state index contributed by atoms with van der Waals surface area (Å²) in [4.78, 5) is 25.0. The molecule has 1 saturated carbocycles. The number of aromatic carboxylic acids is 1. The molecule has 0 spiro atoms. The van der Waals surface area contributed by atoms with E-state index in [9.17, 15) is 19.1 Å². The summed E-state index contributed by atoms with van der Waals surface area (Å²) in [7, 11) is 0. The van der Waals surface area contributed by atoms with Crippen molar-refractivity contribution in [3.05, 3.63) is 114 Å². The third-order valence-corrected chi connectivity index (χ3v) is 7.67. The number of para-hydroxylation sites is 1. The van der Waals surface area contributed by atoms with Gasteiger partial charge in [0.05, 0.1) is 17.4 Å². The number of halogens is 1. The van der Waals surface area contributed by atoms with Gasteiger partial charge in [0.15, 0.2) is 0 Å². The van der Waals surface area contributed by atoms with Gasteiger partial charge in [0.1, 0.15) is 23.1 Å². The Balaban J connectivity index is 1.07. The van der Waals surface area contributed by atoms with Gasteiger partial charge in [0.25, 0.3) is 5.91 Å². The van der Waals surface area contributed by atoms with E-state index in [1.165, 1.54) is 30.1 Å². The number of hydrogen-bond acceptors (Lipinski definition) is 6. The van der Waals surface area contributed by atoms with Gasteiger partial charge in [0, 0.05) is 16.5 Å². The molecule has 7 nitrogen and oxygen atoms in total. The van der Waals surface area contributed by atoms with Crippen LogP contribution in [0.3, 0.4) is 0 Å². The quantitative estimate of drug-likeness (QED) is 0.169. The van der Waals surface area contributed by atoms with Crippen molar-refractivity contribution in [3.63, 3.8) is 0 Å². The number of amides is 1. The summed E-state index contributed by atoms with van der Waals surface area (Å²) < 4.78 is 28.6. The predicted molar refractivity (Wildman–Crippen MR) is 156 cm³/mol. The lowest BCUT2D eigenvalue weighted by molar-refractivity contribution is 0.0698. The van der Waals surface area contributed by atoms with Crippen LogP contribution >= 0.6 is 11.9 Å². The number of anilines is 1. The van der Waals surface area contributed by atoms with E-state index in [4.69, 9.17) is 9.47 Å². The molecule has 0 aliphatic heterocycles. The SMILES string of the molecule is O=C(Nc1ccccc1C(=O)O)c1ccc(Oc2ccc(OC3CCC(NSc4ccc(F)cc4)CC3)cc2)cc1. The Labute approximate surface area is 241 Å². The minimum Gasteiger partial charge on any atom is -0.490 e. The average Bonchev–Trinajstić information content (AvgIpc) is 2.99. The summed E-state index contributed by atoms with van der Waals surface area (Å²) >= 11 is 1.54. The van der Waals surface area contributed by atoms with Gasteiger partial charge < -0.3 is 19.9 Å². The van der Waals surface area contributed by atoms with Gasteiger partial charge in [-0.1, -0.05) is 12.1 Å². The largest absolute Gasteiger partial charge is 0.490 e. The number of carboxylic acids is 1. The summed E-state index contributed by atoms with van der Waals surface area (Å²) in [5.74, 6) is 0.221. The summed E-state index contributed by atoms with van der Waals surface area (Å²) in [5.41, 5.74) is 0.633. The molecular weight excluding hydrogens is 543 g/mol. The van der Waals surface area contributed by atoms with Crippen LogP contribution in [0, 0.1) is 5.82 Å². The van der Waals surface area contributed by atoms with Crippen LogP contribution in [-0.2, 0) is 0 Å². The van der Waals surface area contributed by atoms with Gasteiger partial charge in [-0.2, -0.15) is 0 Å². The monoisotopic (exact) mass is 572 g/mol. The first-order valence-corrected chi connectivity index (χ1v) is 14.1. The molecular formula is C32H29FN2O5S. The normalized spacial score (nSPS) is 16.5. The maximum absolute atomic E-state index is 13.1. The van der Waals surface area contributed by atoms with Crippen molar-refractivity contribution >= 4 is 29.5 Å². The molecule has 0 radical (unpaired) electrons. The second-order valence-corrected chi connectivity index (χ2v) is 10.6. The van der Waals surface area contributed by atoms with E-state index in [0.717, 1.165) is 36.3 Å². The Kier molecular flexibility index (Phi) is 9.18. The highest BCUT2D eigenvalue weighted by atomic mass is 32.2. The molecule has 41 heavy (non-hydrogen) atoms. The van der Waals surface area contributed by atoms with Crippen LogP contribution in [0.2, 0.25) is 0 Å². The van der Waals surface area contributed by atoms with Gasteiger partial charge in [0.2, 0.25) is 0 Å². The smallest absolute Gasteiger partial charge is 0.337 e. The number of rotatable bonds is 10. The molecule has 9 heteroatoms. The van der Waals surface area contributed by atoms with Crippen molar-refractivity contribution in [2.45, 2.75) is 42.7 Å². The molecule has 1 aliphatic carbocycles. The minimum atomic E-state index is -1.11. The Morgan fingerprint density at radius 1 is 0.780 bits per heavy atom. The fraction of sp³-hybridized carbons (Fsp3) is 0.188. The lowest BCUT2D eigenvalue weighted by Crippen LogP contribution is -2.33. The third kappa shape index (κ3) is 7.87.